The molecule has 0 aromatic carbocycles. The van der Waals surface area contributed by atoms with E-state index in [4.69, 9.17) is 14.9 Å². The molecular weight excluding hydrogens is 252 g/mol. The first-order valence-corrected chi connectivity index (χ1v) is 6.57. The zero-order valence-corrected chi connectivity index (χ0v) is 11.2. The molecule has 0 radical (unpaired) electrons. The van der Waals surface area contributed by atoms with Crippen LogP contribution in [0.25, 0.3) is 0 Å². The van der Waals surface area contributed by atoms with E-state index in [2.05, 4.69) is 5.32 Å². The normalized spacial score (nSPS) is 22.2. The Balaban J connectivity index is 2.52. The summed E-state index contributed by atoms with van der Waals surface area (Å²) in [7, 11) is 0. The minimum atomic E-state index is -0.968. The van der Waals surface area contributed by atoms with E-state index in [0.29, 0.717) is 6.54 Å². The van der Waals surface area contributed by atoms with Gasteiger partial charge in [0, 0.05) is 13.1 Å². The standard InChI is InChI=1S/C12H22N2O5/c1-2-3-4-14(5-6-15)12(18)13-10-8-19-7-9(10)11(16)17/h9-10,15H,2-8H2,1H3,(H,13,18)(H,16,17). The van der Waals surface area contributed by atoms with Crippen LogP contribution in [0.3, 0.4) is 0 Å². The number of ether oxygens (including phenoxy) is 1. The van der Waals surface area contributed by atoms with Gasteiger partial charge in [0.2, 0.25) is 0 Å². The van der Waals surface area contributed by atoms with E-state index in [1.54, 1.807) is 0 Å². The van der Waals surface area contributed by atoms with Crippen molar-refractivity contribution in [3.05, 3.63) is 0 Å². The number of aliphatic carboxylic acids is 1. The van der Waals surface area contributed by atoms with E-state index in [0.717, 1.165) is 12.8 Å². The fraction of sp³-hybridized carbons (Fsp3) is 0.833. The summed E-state index contributed by atoms with van der Waals surface area (Å²) in [4.78, 5) is 24.5. The molecule has 0 aromatic heterocycles. The maximum absolute atomic E-state index is 12.0. The molecule has 7 nitrogen and oxygen atoms in total. The molecule has 0 spiro atoms. The largest absolute Gasteiger partial charge is 0.481 e. The quantitative estimate of drug-likeness (QED) is 0.601. The molecule has 2 unspecified atom stereocenters. The molecule has 1 aliphatic rings. The van der Waals surface area contributed by atoms with Crippen LogP contribution in [0.1, 0.15) is 19.8 Å². The van der Waals surface area contributed by atoms with Crippen molar-refractivity contribution >= 4 is 12.0 Å². The van der Waals surface area contributed by atoms with Gasteiger partial charge in [-0.1, -0.05) is 13.3 Å². The SMILES string of the molecule is CCCCN(CCO)C(=O)NC1COCC1C(=O)O. The van der Waals surface area contributed by atoms with Crippen molar-refractivity contribution in [3.8, 4) is 0 Å². The smallest absolute Gasteiger partial charge is 0.317 e. The molecule has 0 aliphatic carbocycles. The molecule has 3 N–H and O–H groups in total. The van der Waals surface area contributed by atoms with Crippen LogP contribution >= 0.6 is 0 Å². The third kappa shape index (κ3) is 4.68. The molecule has 1 aliphatic heterocycles. The van der Waals surface area contributed by atoms with Crippen LogP contribution in [0.4, 0.5) is 4.79 Å². The van der Waals surface area contributed by atoms with Gasteiger partial charge in [0.15, 0.2) is 0 Å². The number of nitrogens with zero attached hydrogens (tertiary/aromatic N) is 1. The number of hydrogen-bond donors (Lipinski definition) is 3. The fourth-order valence-corrected chi connectivity index (χ4v) is 1.97. The zero-order valence-electron chi connectivity index (χ0n) is 11.2. The summed E-state index contributed by atoms with van der Waals surface area (Å²) in [6.45, 7) is 3.03. The lowest BCUT2D eigenvalue weighted by Gasteiger charge is -2.25. The summed E-state index contributed by atoms with van der Waals surface area (Å²) in [5, 5.41) is 20.6. The molecular formula is C12H22N2O5. The van der Waals surface area contributed by atoms with Crippen molar-refractivity contribution < 1.29 is 24.5 Å². The number of carbonyl (C=O) groups excluding carboxylic acids is 1. The Morgan fingerprint density at radius 1 is 1.37 bits per heavy atom. The Hall–Kier alpha value is -1.34. The van der Waals surface area contributed by atoms with E-state index in [-0.39, 0.29) is 32.4 Å². The van der Waals surface area contributed by atoms with Crippen LogP contribution in [0.15, 0.2) is 0 Å². The minimum absolute atomic E-state index is 0.110. The van der Waals surface area contributed by atoms with Gasteiger partial charge in [-0.3, -0.25) is 4.79 Å². The average molecular weight is 274 g/mol. The Labute approximate surface area is 112 Å². The molecule has 1 rings (SSSR count). The highest BCUT2D eigenvalue weighted by molar-refractivity contribution is 5.77. The van der Waals surface area contributed by atoms with Gasteiger partial charge >= 0.3 is 12.0 Å². The second-order valence-corrected chi connectivity index (χ2v) is 4.60. The van der Waals surface area contributed by atoms with Crippen molar-refractivity contribution in [1.82, 2.24) is 10.2 Å². The van der Waals surface area contributed by atoms with Gasteiger partial charge in [-0.2, -0.15) is 0 Å². The number of aliphatic hydroxyl groups is 1. The zero-order chi connectivity index (χ0) is 14.3. The summed E-state index contributed by atoms with van der Waals surface area (Å²) in [5.74, 6) is -1.67. The van der Waals surface area contributed by atoms with Crippen LogP contribution in [0.5, 0.6) is 0 Å². The summed E-state index contributed by atoms with van der Waals surface area (Å²) in [5.41, 5.74) is 0. The average Bonchev–Trinajstić information content (AvgIpc) is 2.82. The number of urea groups is 1. The summed E-state index contributed by atoms with van der Waals surface area (Å²) < 4.78 is 5.09. The predicted octanol–water partition coefficient (Wildman–Crippen LogP) is -0.110. The Morgan fingerprint density at radius 2 is 2.11 bits per heavy atom. The molecule has 7 heteroatoms. The van der Waals surface area contributed by atoms with Crippen molar-refractivity contribution in [1.29, 1.82) is 0 Å². The number of carbonyl (C=O) groups is 2. The maximum Gasteiger partial charge on any atom is 0.317 e. The third-order valence-electron chi connectivity index (χ3n) is 3.15. The van der Waals surface area contributed by atoms with Crippen molar-refractivity contribution in [2.45, 2.75) is 25.8 Å². The number of unbranched alkanes of at least 4 members (excludes halogenated alkanes) is 1. The highest BCUT2D eigenvalue weighted by atomic mass is 16.5. The number of hydrogen-bond acceptors (Lipinski definition) is 4. The number of rotatable bonds is 7. The Kier molecular flexibility index (Phi) is 6.58. The highest BCUT2D eigenvalue weighted by Gasteiger charge is 2.35. The van der Waals surface area contributed by atoms with Gasteiger partial charge in [-0.05, 0) is 6.42 Å². The van der Waals surface area contributed by atoms with Crippen molar-refractivity contribution in [2.75, 3.05) is 32.9 Å². The number of aliphatic hydroxyl groups excluding tert-OH is 1. The van der Waals surface area contributed by atoms with Crippen LogP contribution in [0, 0.1) is 5.92 Å². The molecule has 1 fully saturated rings. The highest BCUT2D eigenvalue weighted by Crippen LogP contribution is 2.14. The van der Waals surface area contributed by atoms with Gasteiger partial charge in [-0.15, -0.1) is 0 Å². The maximum atomic E-state index is 12.0. The van der Waals surface area contributed by atoms with Gasteiger partial charge in [0.1, 0.15) is 5.92 Å². The first kappa shape index (κ1) is 15.7. The lowest BCUT2D eigenvalue weighted by atomic mass is 10.0. The van der Waals surface area contributed by atoms with E-state index in [1.165, 1.54) is 4.90 Å². The molecule has 110 valence electrons. The molecule has 2 amide bonds. The molecule has 19 heavy (non-hydrogen) atoms. The number of carboxylic acids is 1. The van der Waals surface area contributed by atoms with Crippen LogP contribution in [-0.2, 0) is 9.53 Å². The second kappa shape index (κ2) is 7.96. The minimum Gasteiger partial charge on any atom is -0.481 e. The fourth-order valence-electron chi connectivity index (χ4n) is 1.97. The predicted molar refractivity (Wildman–Crippen MR) is 67.8 cm³/mol. The van der Waals surface area contributed by atoms with Gasteiger partial charge in [-0.25, -0.2) is 4.79 Å². The monoisotopic (exact) mass is 274 g/mol. The molecule has 0 saturated carbocycles. The Morgan fingerprint density at radius 3 is 2.68 bits per heavy atom. The summed E-state index contributed by atoms with van der Waals surface area (Å²) in [6.07, 6.45) is 1.79. The van der Waals surface area contributed by atoms with Gasteiger partial charge in [0.25, 0.3) is 0 Å². The molecule has 1 heterocycles. The van der Waals surface area contributed by atoms with Crippen LogP contribution in [0.2, 0.25) is 0 Å². The molecule has 0 bridgehead atoms. The lowest BCUT2D eigenvalue weighted by Crippen LogP contribution is -2.49. The van der Waals surface area contributed by atoms with Crippen LogP contribution in [-0.4, -0.2) is 66.1 Å². The second-order valence-electron chi connectivity index (χ2n) is 4.60. The van der Waals surface area contributed by atoms with Crippen LogP contribution < -0.4 is 5.32 Å². The van der Waals surface area contributed by atoms with E-state index in [9.17, 15) is 9.59 Å². The van der Waals surface area contributed by atoms with Crippen molar-refractivity contribution in [3.63, 3.8) is 0 Å². The first-order valence-electron chi connectivity index (χ1n) is 6.57. The number of nitrogens with one attached hydrogen (secondary N) is 1. The number of amides is 2. The van der Waals surface area contributed by atoms with Gasteiger partial charge < -0.3 is 25.2 Å². The topological polar surface area (TPSA) is 99.1 Å². The molecule has 1 saturated heterocycles. The summed E-state index contributed by atoms with van der Waals surface area (Å²) >= 11 is 0. The molecule has 2 atom stereocenters. The Bertz CT molecular complexity index is 310. The van der Waals surface area contributed by atoms with E-state index >= 15 is 0 Å². The summed E-state index contributed by atoms with van der Waals surface area (Å²) in [6, 6.07) is -0.850. The molecule has 0 aromatic rings. The number of carboxylic acid groups (broad SMARTS) is 1. The van der Waals surface area contributed by atoms with E-state index in [1.807, 2.05) is 6.92 Å². The van der Waals surface area contributed by atoms with E-state index < -0.39 is 17.9 Å². The first-order chi connectivity index (χ1) is 9.10. The third-order valence-corrected chi connectivity index (χ3v) is 3.15. The van der Waals surface area contributed by atoms with Crippen molar-refractivity contribution in [2.24, 2.45) is 5.92 Å². The van der Waals surface area contributed by atoms with Gasteiger partial charge in [0.05, 0.1) is 25.9 Å². The lowest BCUT2D eigenvalue weighted by molar-refractivity contribution is -0.142.